The van der Waals surface area contributed by atoms with Gasteiger partial charge in [-0.05, 0) is 24.6 Å². The lowest BCUT2D eigenvalue weighted by atomic mass is 10.3. The van der Waals surface area contributed by atoms with E-state index in [4.69, 9.17) is 4.74 Å². The van der Waals surface area contributed by atoms with Gasteiger partial charge < -0.3 is 4.74 Å². The van der Waals surface area contributed by atoms with E-state index in [-0.39, 0.29) is 16.7 Å². The van der Waals surface area contributed by atoms with Crippen LogP contribution in [0.1, 0.15) is 12.5 Å². The fourth-order valence-electron chi connectivity index (χ4n) is 2.51. The summed E-state index contributed by atoms with van der Waals surface area (Å²) in [5, 5.41) is 7.62. The molecular formula is C13H15FN4O3S. The van der Waals surface area contributed by atoms with E-state index in [2.05, 4.69) is 10.3 Å². The average Bonchev–Trinajstić information content (AvgIpc) is 3.18. The van der Waals surface area contributed by atoms with E-state index in [1.807, 2.05) is 0 Å². The third-order valence-electron chi connectivity index (χ3n) is 3.70. The monoisotopic (exact) mass is 326 g/mol. The predicted molar refractivity (Wildman–Crippen MR) is 75.4 cm³/mol. The van der Waals surface area contributed by atoms with Crippen LogP contribution in [-0.4, -0.2) is 47.9 Å². The number of ether oxygens (including phenoxy) is 1. The van der Waals surface area contributed by atoms with Crippen molar-refractivity contribution in [2.24, 2.45) is 0 Å². The van der Waals surface area contributed by atoms with Crippen LogP contribution in [0.15, 0.2) is 35.5 Å². The molecule has 118 valence electrons. The maximum Gasteiger partial charge on any atom is 0.243 e. The van der Waals surface area contributed by atoms with Crippen molar-refractivity contribution in [3.05, 3.63) is 36.4 Å². The standard InChI is InChI=1S/C13H15FN4O3S/c1-21-13-3-2-11(8-12(13)14)22(19,20)17-6-4-10(9-17)18-7-5-15-16-18/h2-3,5,7-8,10H,4,6,9H2,1H3. The SMILES string of the molecule is COc1ccc(S(=O)(=O)N2CCC(n3ccnn3)C2)cc1F. The summed E-state index contributed by atoms with van der Waals surface area (Å²) in [5.41, 5.74) is 0. The first-order valence-corrected chi connectivity index (χ1v) is 8.16. The highest BCUT2D eigenvalue weighted by atomic mass is 32.2. The van der Waals surface area contributed by atoms with Gasteiger partial charge in [0.15, 0.2) is 11.6 Å². The van der Waals surface area contributed by atoms with Gasteiger partial charge in [-0.25, -0.2) is 17.5 Å². The molecule has 1 fully saturated rings. The van der Waals surface area contributed by atoms with Crippen molar-refractivity contribution in [2.45, 2.75) is 17.4 Å². The molecule has 0 amide bonds. The first-order valence-electron chi connectivity index (χ1n) is 6.72. The highest BCUT2D eigenvalue weighted by Gasteiger charge is 2.34. The van der Waals surface area contributed by atoms with Gasteiger partial charge in [0.1, 0.15) is 0 Å². The van der Waals surface area contributed by atoms with Crippen molar-refractivity contribution in [1.82, 2.24) is 19.3 Å². The van der Waals surface area contributed by atoms with Crippen LogP contribution < -0.4 is 4.74 Å². The Bertz CT molecular complexity index is 764. The van der Waals surface area contributed by atoms with Gasteiger partial charge in [0, 0.05) is 19.3 Å². The Hall–Kier alpha value is -2.00. The van der Waals surface area contributed by atoms with Gasteiger partial charge in [0.25, 0.3) is 0 Å². The third kappa shape index (κ3) is 2.57. The summed E-state index contributed by atoms with van der Waals surface area (Å²) < 4.78 is 46.7. The van der Waals surface area contributed by atoms with E-state index < -0.39 is 15.8 Å². The lowest BCUT2D eigenvalue weighted by Crippen LogP contribution is -2.29. The van der Waals surface area contributed by atoms with E-state index in [0.717, 1.165) is 6.07 Å². The molecule has 22 heavy (non-hydrogen) atoms. The molecule has 0 radical (unpaired) electrons. The smallest absolute Gasteiger partial charge is 0.243 e. The average molecular weight is 326 g/mol. The van der Waals surface area contributed by atoms with Crippen LogP contribution in [-0.2, 0) is 10.0 Å². The van der Waals surface area contributed by atoms with Gasteiger partial charge in [-0.1, -0.05) is 5.21 Å². The van der Waals surface area contributed by atoms with Crippen LogP contribution in [0, 0.1) is 5.82 Å². The van der Waals surface area contributed by atoms with Gasteiger partial charge in [0.05, 0.1) is 24.2 Å². The molecule has 1 unspecified atom stereocenters. The van der Waals surface area contributed by atoms with Crippen LogP contribution in [0.25, 0.3) is 0 Å². The lowest BCUT2D eigenvalue weighted by molar-refractivity contribution is 0.385. The van der Waals surface area contributed by atoms with E-state index in [1.54, 1.807) is 17.1 Å². The summed E-state index contributed by atoms with van der Waals surface area (Å²) in [6.07, 6.45) is 3.89. The largest absolute Gasteiger partial charge is 0.494 e. The number of hydrogen-bond acceptors (Lipinski definition) is 5. The van der Waals surface area contributed by atoms with Gasteiger partial charge in [0.2, 0.25) is 10.0 Å². The minimum atomic E-state index is -3.73. The van der Waals surface area contributed by atoms with Crippen LogP contribution >= 0.6 is 0 Å². The van der Waals surface area contributed by atoms with Crippen molar-refractivity contribution in [2.75, 3.05) is 20.2 Å². The second kappa shape index (κ2) is 5.65. The first kappa shape index (κ1) is 14.9. The maximum absolute atomic E-state index is 13.7. The fourth-order valence-corrected chi connectivity index (χ4v) is 4.02. The fraction of sp³-hybridized carbons (Fsp3) is 0.385. The highest BCUT2D eigenvalue weighted by Crippen LogP contribution is 2.28. The zero-order valence-electron chi connectivity index (χ0n) is 11.9. The molecular weight excluding hydrogens is 311 g/mol. The maximum atomic E-state index is 13.7. The Morgan fingerprint density at radius 3 is 2.86 bits per heavy atom. The Balaban J connectivity index is 1.83. The topological polar surface area (TPSA) is 77.3 Å². The summed E-state index contributed by atoms with van der Waals surface area (Å²) in [4.78, 5) is -0.0787. The summed E-state index contributed by atoms with van der Waals surface area (Å²) in [5.74, 6) is -0.684. The molecule has 1 aromatic carbocycles. The van der Waals surface area contributed by atoms with E-state index >= 15 is 0 Å². The number of rotatable bonds is 4. The summed E-state index contributed by atoms with van der Waals surface area (Å²) >= 11 is 0. The number of halogens is 1. The minimum absolute atomic E-state index is 0.0147. The molecule has 2 aromatic rings. The Labute approximate surface area is 127 Å². The van der Waals surface area contributed by atoms with Gasteiger partial charge in [-0.3, -0.25) is 0 Å². The number of nitrogens with zero attached hydrogens (tertiary/aromatic N) is 4. The van der Waals surface area contributed by atoms with Crippen molar-refractivity contribution < 1.29 is 17.5 Å². The minimum Gasteiger partial charge on any atom is -0.494 e. The molecule has 1 aliphatic rings. The van der Waals surface area contributed by atoms with Crippen LogP contribution in [0.5, 0.6) is 5.75 Å². The summed E-state index contributed by atoms with van der Waals surface area (Å²) in [6.45, 7) is 0.653. The number of hydrogen-bond donors (Lipinski definition) is 0. The molecule has 1 saturated heterocycles. The molecule has 1 aliphatic heterocycles. The molecule has 7 nitrogen and oxygen atoms in total. The van der Waals surface area contributed by atoms with Gasteiger partial charge in [-0.2, -0.15) is 4.31 Å². The van der Waals surface area contributed by atoms with Crippen molar-refractivity contribution in [1.29, 1.82) is 0 Å². The van der Waals surface area contributed by atoms with E-state index in [0.29, 0.717) is 19.5 Å². The first-order chi connectivity index (χ1) is 10.5. The van der Waals surface area contributed by atoms with Crippen LogP contribution in [0.2, 0.25) is 0 Å². The van der Waals surface area contributed by atoms with Gasteiger partial charge >= 0.3 is 0 Å². The number of benzene rings is 1. The second-order valence-corrected chi connectivity index (χ2v) is 6.92. The molecule has 0 aliphatic carbocycles. The lowest BCUT2D eigenvalue weighted by Gasteiger charge is -2.17. The molecule has 0 bridgehead atoms. The Morgan fingerprint density at radius 2 is 2.23 bits per heavy atom. The molecule has 0 spiro atoms. The van der Waals surface area contributed by atoms with Crippen LogP contribution in [0.4, 0.5) is 4.39 Å². The summed E-state index contributed by atoms with van der Waals surface area (Å²) in [7, 11) is -2.40. The molecule has 0 saturated carbocycles. The number of methoxy groups -OCH3 is 1. The van der Waals surface area contributed by atoms with Crippen molar-refractivity contribution >= 4 is 10.0 Å². The van der Waals surface area contributed by atoms with E-state index in [1.165, 1.54) is 23.5 Å². The van der Waals surface area contributed by atoms with Crippen molar-refractivity contribution in [3.8, 4) is 5.75 Å². The van der Waals surface area contributed by atoms with Gasteiger partial charge in [-0.15, -0.1) is 5.10 Å². The zero-order valence-corrected chi connectivity index (χ0v) is 12.7. The molecule has 2 heterocycles. The predicted octanol–water partition coefficient (Wildman–Crippen LogP) is 1.06. The van der Waals surface area contributed by atoms with Crippen LogP contribution in [0.3, 0.4) is 0 Å². The molecule has 9 heteroatoms. The molecule has 1 atom stereocenters. The number of aromatic nitrogens is 3. The normalized spacial score (nSPS) is 19.5. The van der Waals surface area contributed by atoms with Crippen molar-refractivity contribution in [3.63, 3.8) is 0 Å². The zero-order chi connectivity index (χ0) is 15.7. The second-order valence-electron chi connectivity index (χ2n) is 4.98. The quantitative estimate of drug-likeness (QED) is 0.840. The number of sulfonamides is 1. The molecule has 0 N–H and O–H groups in total. The molecule has 1 aromatic heterocycles. The Kier molecular flexibility index (Phi) is 3.83. The Morgan fingerprint density at radius 1 is 1.41 bits per heavy atom. The third-order valence-corrected chi connectivity index (χ3v) is 5.56. The molecule has 3 rings (SSSR count). The van der Waals surface area contributed by atoms with E-state index in [9.17, 15) is 12.8 Å². The highest BCUT2D eigenvalue weighted by molar-refractivity contribution is 7.89. The summed E-state index contributed by atoms with van der Waals surface area (Å²) in [6, 6.07) is 3.59.